The highest BCUT2D eigenvalue weighted by atomic mass is 16.5. The Morgan fingerprint density at radius 3 is 1.89 bits per heavy atom. The van der Waals surface area contributed by atoms with Gasteiger partial charge in [0, 0.05) is 7.11 Å². The van der Waals surface area contributed by atoms with Crippen molar-refractivity contribution in [1.82, 2.24) is 0 Å². The molecule has 0 fully saturated rings. The van der Waals surface area contributed by atoms with Crippen LogP contribution >= 0.6 is 0 Å². The maximum atomic E-state index is 5.32. The number of furan rings is 2. The van der Waals surface area contributed by atoms with Crippen LogP contribution < -0.4 is 4.74 Å². The van der Waals surface area contributed by atoms with Gasteiger partial charge in [-0.3, -0.25) is 0 Å². The minimum absolute atomic E-state index is 0.612. The van der Waals surface area contributed by atoms with Gasteiger partial charge in [-0.15, -0.1) is 0 Å². The first-order chi connectivity index (χ1) is 8.88. The third-order valence-electron chi connectivity index (χ3n) is 2.36. The summed E-state index contributed by atoms with van der Waals surface area (Å²) in [5, 5.41) is 0. The average molecular weight is 244 g/mol. The lowest BCUT2D eigenvalue weighted by atomic mass is 10.3. The fourth-order valence-corrected chi connectivity index (χ4v) is 1.47. The molecule has 18 heavy (non-hydrogen) atoms. The van der Waals surface area contributed by atoms with Crippen molar-refractivity contribution in [3.8, 4) is 5.75 Å². The molecule has 0 N–H and O–H groups in total. The summed E-state index contributed by atoms with van der Waals surface area (Å²) in [4.78, 5) is 0. The number of benzene rings is 2. The Morgan fingerprint density at radius 2 is 1.44 bits per heavy atom. The highest BCUT2D eigenvalue weighted by Crippen LogP contribution is 2.13. The molecule has 94 valence electrons. The van der Waals surface area contributed by atoms with Gasteiger partial charge in [-0.1, -0.05) is 18.2 Å². The van der Waals surface area contributed by atoms with Gasteiger partial charge >= 0.3 is 0 Å². The van der Waals surface area contributed by atoms with Crippen LogP contribution in [0.5, 0.6) is 5.75 Å². The summed E-state index contributed by atoms with van der Waals surface area (Å²) < 4.78 is 15.2. The van der Waals surface area contributed by atoms with Crippen molar-refractivity contribution in [3.63, 3.8) is 0 Å². The summed E-state index contributed by atoms with van der Waals surface area (Å²) in [6.07, 6.45) is 0. The van der Waals surface area contributed by atoms with Gasteiger partial charge in [0.15, 0.2) is 0 Å². The van der Waals surface area contributed by atoms with E-state index in [1.54, 1.807) is 7.11 Å². The molecular formula is C15H16O3. The lowest BCUT2D eigenvalue weighted by Crippen LogP contribution is -2.03. The zero-order valence-corrected chi connectivity index (χ0v) is 10.3. The van der Waals surface area contributed by atoms with Crippen molar-refractivity contribution in [2.24, 2.45) is 0 Å². The summed E-state index contributed by atoms with van der Waals surface area (Å²) in [7, 11) is 1.66. The first-order valence-corrected chi connectivity index (χ1v) is 5.83. The van der Waals surface area contributed by atoms with Gasteiger partial charge in [0.25, 0.3) is 0 Å². The molecule has 3 rings (SSSR count). The van der Waals surface area contributed by atoms with Crippen molar-refractivity contribution in [2.45, 2.75) is 0 Å². The Bertz CT molecular complexity index is 485. The molecule has 0 saturated carbocycles. The quantitative estimate of drug-likeness (QED) is 0.657. The molecule has 0 saturated heterocycles. The highest BCUT2D eigenvalue weighted by Gasteiger charge is 1.91. The Balaban J connectivity index is 0.000000146. The molecule has 2 aromatic heterocycles. The van der Waals surface area contributed by atoms with Crippen molar-refractivity contribution < 1.29 is 13.9 Å². The van der Waals surface area contributed by atoms with Crippen LogP contribution in [0.1, 0.15) is 0 Å². The standard InChI is InChI=1S/C9H12O2.C6H4O/c1-10-7-8-11-9-5-3-2-4-6-9;1-2-6-4-3-5(1)7-6/h2-6H,7-8H2,1H3;1-4H. The Kier molecular flexibility index (Phi) is 4.61. The first-order valence-electron chi connectivity index (χ1n) is 5.83. The van der Waals surface area contributed by atoms with Crippen LogP contribution in [0.3, 0.4) is 0 Å². The van der Waals surface area contributed by atoms with E-state index in [1.807, 2.05) is 54.6 Å². The van der Waals surface area contributed by atoms with E-state index >= 15 is 0 Å². The molecule has 1 aromatic carbocycles. The fourth-order valence-electron chi connectivity index (χ4n) is 1.47. The van der Waals surface area contributed by atoms with Crippen LogP contribution in [0, 0.1) is 0 Å². The van der Waals surface area contributed by atoms with Gasteiger partial charge in [-0.25, -0.2) is 0 Å². The molecule has 0 aliphatic rings. The van der Waals surface area contributed by atoms with Crippen LogP contribution in [-0.4, -0.2) is 20.3 Å². The number of rotatable bonds is 4. The Hall–Kier alpha value is -2.00. The highest BCUT2D eigenvalue weighted by molar-refractivity contribution is 5.59. The summed E-state index contributed by atoms with van der Waals surface area (Å²) in [6, 6.07) is 17.5. The molecule has 3 nitrogen and oxygen atoms in total. The van der Waals surface area contributed by atoms with Crippen LogP contribution in [0.15, 0.2) is 59.0 Å². The van der Waals surface area contributed by atoms with Gasteiger partial charge in [-0.05, 0) is 36.4 Å². The molecule has 0 spiro atoms. The molecule has 0 unspecified atom stereocenters. The summed E-state index contributed by atoms with van der Waals surface area (Å²) >= 11 is 0. The largest absolute Gasteiger partial charge is 0.491 e. The van der Waals surface area contributed by atoms with Crippen LogP contribution in [0.4, 0.5) is 0 Å². The predicted octanol–water partition coefficient (Wildman–Crippen LogP) is 3.58. The van der Waals surface area contributed by atoms with Gasteiger partial charge in [0.2, 0.25) is 0 Å². The molecule has 0 aliphatic carbocycles. The molecule has 0 radical (unpaired) electrons. The van der Waals surface area contributed by atoms with Crippen molar-refractivity contribution in [1.29, 1.82) is 0 Å². The molecule has 3 aromatic rings. The van der Waals surface area contributed by atoms with Gasteiger partial charge in [-0.2, -0.15) is 0 Å². The summed E-state index contributed by atoms with van der Waals surface area (Å²) in [5.41, 5.74) is 1.94. The first kappa shape index (κ1) is 12.5. The second-order valence-electron chi connectivity index (χ2n) is 3.73. The number of methoxy groups -OCH3 is 1. The molecule has 0 atom stereocenters. The number of hydrogen-bond donors (Lipinski definition) is 0. The SMILES string of the molecule is COCCOc1ccccc1.c1cc2ccc1o2. The van der Waals surface area contributed by atoms with Crippen molar-refractivity contribution >= 4 is 11.2 Å². The summed E-state index contributed by atoms with van der Waals surface area (Å²) in [5.74, 6) is 0.893. The monoisotopic (exact) mass is 244 g/mol. The molecular weight excluding hydrogens is 228 g/mol. The van der Waals surface area contributed by atoms with E-state index in [0.29, 0.717) is 13.2 Å². The van der Waals surface area contributed by atoms with E-state index in [1.165, 1.54) is 0 Å². The van der Waals surface area contributed by atoms with Gasteiger partial charge in [0.1, 0.15) is 23.5 Å². The third kappa shape index (κ3) is 3.79. The summed E-state index contributed by atoms with van der Waals surface area (Å²) in [6.45, 7) is 1.25. The smallest absolute Gasteiger partial charge is 0.127 e. The van der Waals surface area contributed by atoms with Crippen LogP contribution in [-0.2, 0) is 4.74 Å². The lowest BCUT2D eigenvalue weighted by Gasteiger charge is -2.03. The van der Waals surface area contributed by atoms with Gasteiger partial charge in [0.05, 0.1) is 6.61 Å². The minimum Gasteiger partial charge on any atom is -0.491 e. The maximum Gasteiger partial charge on any atom is 0.127 e. The van der Waals surface area contributed by atoms with Crippen molar-refractivity contribution in [3.05, 3.63) is 54.6 Å². The molecule has 0 amide bonds. The van der Waals surface area contributed by atoms with E-state index in [-0.39, 0.29) is 0 Å². The van der Waals surface area contributed by atoms with Gasteiger partial charge < -0.3 is 13.9 Å². The Morgan fingerprint density at radius 1 is 0.833 bits per heavy atom. The van der Waals surface area contributed by atoms with E-state index in [0.717, 1.165) is 16.9 Å². The zero-order chi connectivity index (χ0) is 12.6. The number of ether oxygens (including phenoxy) is 2. The second-order valence-corrected chi connectivity index (χ2v) is 3.73. The molecule has 3 heteroatoms. The van der Waals surface area contributed by atoms with Crippen LogP contribution in [0.2, 0.25) is 0 Å². The second kappa shape index (κ2) is 6.67. The lowest BCUT2D eigenvalue weighted by molar-refractivity contribution is 0.146. The topological polar surface area (TPSA) is 31.6 Å². The fraction of sp³-hybridized carbons (Fsp3) is 0.200. The predicted molar refractivity (Wildman–Crippen MR) is 71.2 cm³/mol. The molecule has 2 heterocycles. The third-order valence-corrected chi connectivity index (χ3v) is 2.36. The normalized spacial score (nSPS) is 10.1. The van der Waals surface area contributed by atoms with E-state index < -0.39 is 0 Å². The van der Waals surface area contributed by atoms with E-state index in [4.69, 9.17) is 13.9 Å². The zero-order valence-electron chi connectivity index (χ0n) is 10.3. The maximum absolute atomic E-state index is 5.32. The van der Waals surface area contributed by atoms with Crippen molar-refractivity contribution in [2.75, 3.05) is 20.3 Å². The number of fused-ring (bicyclic) bond motifs is 2. The Labute approximate surface area is 106 Å². The van der Waals surface area contributed by atoms with E-state index in [2.05, 4.69) is 0 Å². The van der Waals surface area contributed by atoms with Crippen LogP contribution in [0.25, 0.3) is 11.2 Å². The molecule has 2 bridgehead atoms. The number of hydrogen-bond acceptors (Lipinski definition) is 3. The number of para-hydroxylation sites is 1. The molecule has 0 aliphatic heterocycles. The van der Waals surface area contributed by atoms with E-state index in [9.17, 15) is 0 Å². The minimum atomic E-state index is 0.612. The average Bonchev–Trinajstić information content (AvgIpc) is 3.06.